The van der Waals surface area contributed by atoms with Crippen molar-refractivity contribution in [3.8, 4) is 0 Å². The van der Waals surface area contributed by atoms with Crippen LogP contribution in [0, 0.1) is 17.2 Å². The number of piperidine rings is 1. The number of amides is 1. The van der Waals surface area contributed by atoms with Crippen LogP contribution in [-0.4, -0.2) is 48.0 Å². The lowest BCUT2D eigenvalue weighted by Crippen LogP contribution is -2.44. The van der Waals surface area contributed by atoms with E-state index in [0.717, 1.165) is 48.4 Å². The minimum absolute atomic E-state index is 0.00622. The summed E-state index contributed by atoms with van der Waals surface area (Å²) in [6, 6.07) is 5.63. The first kappa shape index (κ1) is 25.5. The summed E-state index contributed by atoms with van der Waals surface area (Å²) in [6.45, 7) is 9.13. The zero-order valence-electron chi connectivity index (χ0n) is 21.4. The summed E-state index contributed by atoms with van der Waals surface area (Å²) < 4.78 is 21.6. The average molecular weight is 487 g/mol. The van der Waals surface area contributed by atoms with Crippen molar-refractivity contribution in [3.63, 3.8) is 0 Å². The van der Waals surface area contributed by atoms with Crippen molar-refractivity contribution in [2.24, 2.45) is 22.2 Å². The molecule has 2 heterocycles. The van der Waals surface area contributed by atoms with Gasteiger partial charge in [-0.05, 0) is 68.1 Å². The fourth-order valence-electron chi connectivity index (χ4n) is 6.13. The second-order valence-electron chi connectivity index (χ2n) is 11.1. The Bertz CT molecular complexity index is 1060. The molecule has 2 fully saturated rings. The summed E-state index contributed by atoms with van der Waals surface area (Å²) in [5, 5.41) is 4.64. The molecule has 1 saturated heterocycles. The van der Waals surface area contributed by atoms with Crippen LogP contribution in [0.25, 0.3) is 10.9 Å². The van der Waals surface area contributed by atoms with Gasteiger partial charge in [-0.3, -0.25) is 0 Å². The minimum Gasteiger partial charge on any atom is -0.443 e. The molecule has 192 valence electrons. The molecule has 0 radical (unpaired) electrons. The van der Waals surface area contributed by atoms with Crippen molar-refractivity contribution in [3.05, 3.63) is 35.3 Å². The molecular weight excluding hydrogens is 447 g/mol. The molecule has 0 spiro atoms. The number of benzene rings is 1. The topological polar surface area (TPSA) is 82.1 Å². The molecule has 2 aromatic rings. The maximum Gasteiger partial charge on any atom is 0.404 e. The Kier molecular flexibility index (Phi) is 7.69. The number of oxime groups is 1. The van der Waals surface area contributed by atoms with E-state index in [1.807, 2.05) is 0 Å². The number of likely N-dealkylation sites (tertiary alicyclic amines) is 1. The largest absolute Gasteiger partial charge is 0.443 e. The van der Waals surface area contributed by atoms with Gasteiger partial charge in [0.1, 0.15) is 19.5 Å². The first-order valence-corrected chi connectivity index (χ1v) is 12.7. The Morgan fingerprint density at radius 2 is 1.83 bits per heavy atom. The molecule has 7 nitrogen and oxygen atoms in total. The molecule has 1 saturated carbocycles. The molecule has 1 amide bonds. The molecule has 1 aliphatic carbocycles. The van der Waals surface area contributed by atoms with Crippen molar-refractivity contribution in [1.29, 1.82) is 0 Å². The van der Waals surface area contributed by atoms with Crippen molar-refractivity contribution in [1.82, 2.24) is 9.47 Å². The number of nitrogens with zero attached hydrogens (tertiary/aromatic N) is 3. The standard InChI is InChI=1S/C27H39FN4O3/c1-27(2,3)18-5-8-20(9-6-18)31-13-11-21(12-14-31)32-24-10-7-19(28)15-22(24)23(16-30-34-4)25(32)17-35-26(29)33/h7,10,15-16,18,20-21H,5-6,8-9,11-14,17H2,1-4H3,(H2,29,33)/t18-,20+. The summed E-state index contributed by atoms with van der Waals surface area (Å²) >= 11 is 0. The number of nitrogens with two attached hydrogens (primary N) is 1. The SMILES string of the molecule is CON=Cc1c(COC(N)=O)n(C2CCN([C@H]3CC[C@@H](C(C)(C)C)CC3)CC2)c2ccc(F)cc12. The summed E-state index contributed by atoms with van der Waals surface area (Å²) in [4.78, 5) is 19.0. The van der Waals surface area contributed by atoms with Gasteiger partial charge in [-0.15, -0.1) is 0 Å². The fourth-order valence-corrected chi connectivity index (χ4v) is 6.13. The molecule has 0 atom stereocenters. The first-order valence-electron chi connectivity index (χ1n) is 12.7. The highest BCUT2D eigenvalue weighted by Crippen LogP contribution is 2.40. The lowest BCUT2D eigenvalue weighted by molar-refractivity contribution is 0.0712. The molecule has 2 N–H and O–H groups in total. The van der Waals surface area contributed by atoms with Crippen LogP contribution in [0.3, 0.4) is 0 Å². The molecule has 0 unspecified atom stereocenters. The van der Waals surface area contributed by atoms with E-state index in [9.17, 15) is 9.18 Å². The molecule has 0 bridgehead atoms. The number of ether oxygens (including phenoxy) is 1. The smallest absolute Gasteiger partial charge is 0.404 e. The lowest BCUT2D eigenvalue weighted by Gasteiger charge is -2.43. The molecule has 35 heavy (non-hydrogen) atoms. The van der Waals surface area contributed by atoms with E-state index in [2.05, 4.69) is 35.4 Å². The van der Waals surface area contributed by atoms with Gasteiger partial charge in [-0.1, -0.05) is 25.9 Å². The number of aromatic nitrogens is 1. The monoisotopic (exact) mass is 486 g/mol. The van der Waals surface area contributed by atoms with Gasteiger partial charge >= 0.3 is 6.09 Å². The number of carbonyl (C=O) groups excluding carboxylic acids is 1. The number of hydrogen-bond acceptors (Lipinski definition) is 5. The number of halogens is 1. The van der Waals surface area contributed by atoms with E-state index in [1.54, 1.807) is 12.3 Å². The zero-order chi connectivity index (χ0) is 25.2. The normalized spacial score (nSPS) is 22.7. The molecule has 4 rings (SSSR count). The second kappa shape index (κ2) is 10.6. The highest BCUT2D eigenvalue weighted by Gasteiger charge is 2.34. The summed E-state index contributed by atoms with van der Waals surface area (Å²) in [7, 11) is 1.46. The number of primary amides is 1. The Balaban J connectivity index is 1.56. The van der Waals surface area contributed by atoms with E-state index in [0.29, 0.717) is 17.0 Å². The Morgan fingerprint density at radius 1 is 1.14 bits per heavy atom. The summed E-state index contributed by atoms with van der Waals surface area (Å²) in [5.74, 6) is 0.479. The molecule has 2 aliphatic rings. The van der Waals surface area contributed by atoms with E-state index < -0.39 is 6.09 Å². The fraction of sp³-hybridized carbons (Fsp3) is 0.630. The van der Waals surface area contributed by atoms with Gasteiger partial charge < -0.3 is 24.8 Å². The van der Waals surface area contributed by atoms with E-state index in [4.69, 9.17) is 15.3 Å². The van der Waals surface area contributed by atoms with Crippen LogP contribution in [-0.2, 0) is 16.2 Å². The predicted octanol–water partition coefficient (Wildman–Crippen LogP) is 5.60. The molecule has 1 aromatic carbocycles. The third-order valence-corrected chi connectivity index (χ3v) is 8.05. The van der Waals surface area contributed by atoms with Crippen molar-refractivity contribution >= 4 is 23.2 Å². The molecule has 1 aromatic heterocycles. The van der Waals surface area contributed by atoms with Crippen molar-refractivity contribution < 1.29 is 18.8 Å². The summed E-state index contributed by atoms with van der Waals surface area (Å²) in [6.07, 6.45) is 7.82. The minimum atomic E-state index is -0.844. The van der Waals surface area contributed by atoms with Crippen LogP contribution in [0.15, 0.2) is 23.4 Å². The van der Waals surface area contributed by atoms with Gasteiger partial charge in [0.05, 0.1) is 11.9 Å². The van der Waals surface area contributed by atoms with Crippen molar-refractivity contribution in [2.45, 2.75) is 78.0 Å². The predicted molar refractivity (Wildman–Crippen MR) is 136 cm³/mol. The Hall–Kier alpha value is -2.61. The average Bonchev–Trinajstić information content (AvgIpc) is 3.13. The quantitative estimate of drug-likeness (QED) is 0.426. The molecule has 8 heteroatoms. The van der Waals surface area contributed by atoms with Crippen LogP contribution in [0.4, 0.5) is 9.18 Å². The van der Waals surface area contributed by atoms with Crippen LogP contribution in [0.2, 0.25) is 0 Å². The van der Waals surface area contributed by atoms with Gasteiger partial charge in [0, 0.05) is 41.6 Å². The number of fused-ring (bicyclic) bond motifs is 1. The van der Waals surface area contributed by atoms with Crippen LogP contribution in [0.5, 0.6) is 0 Å². The summed E-state index contributed by atoms with van der Waals surface area (Å²) in [5.41, 5.74) is 8.01. The zero-order valence-corrected chi connectivity index (χ0v) is 21.4. The lowest BCUT2D eigenvalue weighted by atomic mass is 9.71. The van der Waals surface area contributed by atoms with Crippen LogP contribution in [0.1, 0.15) is 76.6 Å². The molecule has 1 aliphatic heterocycles. The van der Waals surface area contributed by atoms with Crippen molar-refractivity contribution in [2.75, 3.05) is 20.2 Å². The Morgan fingerprint density at radius 3 is 2.43 bits per heavy atom. The van der Waals surface area contributed by atoms with Gasteiger partial charge in [0.2, 0.25) is 0 Å². The van der Waals surface area contributed by atoms with Gasteiger partial charge in [0.25, 0.3) is 0 Å². The number of carbonyl (C=O) groups is 1. The first-order chi connectivity index (χ1) is 16.7. The third kappa shape index (κ3) is 5.63. The second-order valence-corrected chi connectivity index (χ2v) is 11.1. The highest BCUT2D eigenvalue weighted by molar-refractivity contribution is 6.01. The van der Waals surface area contributed by atoms with Gasteiger partial charge in [-0.25, -0.2) is 9.18 Å². The van der Waals surface area contributed by atoms with Crippen LogP contribution < -0.4 is 5.73 Å². The van der Waals surface area contributed by atoms with Gasteiger partial charge in [0.15, 0.2) is 0 Å². The van der Waals surface area contributed by atoms with Gasteiger partial charge in [-0.2, -0.15) is 0 Å². The van der Waals surface area contributed by atoms with E-state index >= 15 is 0 Å². The highest BCUT2D eigenvalue weighted by atomic mass is 19.1. The number of rotatable bonds is 6. The maximum atomic E-state index is 14.2. The molecular formula is C27H39FN4O3. The van der Waals surface area contributed by atoms with E-state index in [-0.39, 0.29) is 18.5 Å². The third-order valence-electron chi connectivity index (χ3n) is 8.05. The van der Waals surface area contributed by atoms with E-state index in [1.165, 1.54) is 44.9 Å². The van der Waals surface area contributed by atoms with Crippen LogP contribution >= 0.6 is 0 Å². The number of hydrogen-bond donors (Lipinski definition) is 1. The Labute approximate surface area is 207 Å². The maximum absolute atomic E-state index is 14.2.